The van der Waals surface area contributed by atoms with Gasteiger partial charge >= 0.3 is 0 Å². The maximum Gasteiger partial charge on any atom is 0.265 e. The highest BCUT2D eigenvalue weighted by Crippen LogP contribution is 2.29. The number of thioether (sulfide) groups is 1. The number of aromatic nitrogens is 2. The van der Waals surface area contributed by atoms with Crippen molar-refractivity contribution in [2.45, 2.75) is 16.7 Å². The van der Waals surface area contributed by atoms with E-state index in [1.54, 1.807) is 6.92 Å². The van der Waals surface area contributed by atoms with Gasteiger partial charge in [-0.05, 0) is 24.0 Å². The maximum atomic E-state index is 14.1. The third kappa shape index (κ3) is 3.58. The van der Waals surface area contributed by atoms with Gasteiger partial charge in [-0.25, -0.2) is 21.7 Å². The van der Waals surface area contributed by atoms with Crippen molar-refractivity contribution < 1.29 is 17.2 Å². The van der Waals surface area contributed by atoms with Gasteiger partial charge in [-0.2, -0.15) is 5.10 Å². The van der Waals surface area contributed by atoms with Crippen LogP contribution in [0.15, 0.2) is 46.5 Å². The van der Waals surface area contributed by atoms with Crippen LogP contribution in [0.3, 0.4) is 0 Å². The Morgan fingerprint density at radius 2 is 2.04 bits per heavy atom. The van der Waals surface area contributed by atoms with Crippen molar-refractivity contribution >= 4 is 44.6 Å². The van der Waals surface area contributed by atoms with Crippen LogP contribution in [0.5, 0.6) is 0 Å². The number of nitrogens with one attached hydrogen (secondary N) is 1. The molecule has 0 fully saturated rings. The highest BCUT2D eigenvalue weighted by Gasteiger charge is 2.22. The number of rotatable bonds is 5. The van der Waals surface area contributed by atoms with Crippen LogP contribution in [0, 0.1) is 11.6 Å². The Bertz CT molecular complexity index is 1050. The Kier molecular flexibility index (Phi) is 4.90. The number of hydrogen-bond donors (Lipinski definition) is 1. The molecule has 3 rings (SSSR count). The number of anilines is 1. The molecule has 25 heavy (non-hydrogen) atoms. The van der Waals surface area contributed by atoms with E-state index < -0.39 is 27.3 Å². The first-order valence-corrected chi connectivity index (χ1v) is 9.94. The van der Waals surface area contributed by atoms with Crippen LogP contribution >= 0.6 is 23.4 Å². The topological polar surface area (TPSA) is 63.5 Å². The summed E-state index contributed by atoms with van der Waals surface area (Å²) in [7, 11) is -4.16. The first-order valence-electron chi connectivity index (χ1n) is 7.09. The lowest BCUT2D eigenvalue weighted by atomic mass is 10.3. The minimum Gasteiger partial charge on any atom is -0.276 e. The van der Waals surface area contributed by atoms with E-state index in [0.29, 0.717) is 10.8 Å². The number of pyridine rings is 1. The van der Waals surface area contributed by atoms with Crippen LogP contribution in [0.4, 0.5) is 14.5 Å². The summed E-state index contributed by atoms with van der Waals surface area (Å²) in [5.74, 6) is -0.995. The summed E-state index contributed by atoms with van der Waals surface area (Å²) in [6.45, 7) is 1.80. The number of hydrogen-bond acceptors (Lipinski definition) is 4. The molecule has 0 aliphatic rings. The lowest BCUT2D eigenvalue weighted by Gasteiger charge is -2.10. The fourth-order valence-corrected chi connectivity index (χ4v) is 4.24. The van der Waals surface area contributed by atoms with E-state index in [4.69, 9.17) is 11.6 Å². The molecule has 1 aromatic carbocycles. The molecule has 0 bridgehead atoms. The van der Waals surface area contributed by atoms with Gasteiger partial charge in [0.15, 0.2) is 0 Å². The largest absolute Gasteiger partial charge is 0.276 e. The van der Waals surface area contributed by atoms with Crippen molar-refractivity contribution in [2.75, 3.05) is 10.5 Å². The molecule has 0 radical (unpaired) electrons. The van der Waals surface area contributed by atoms with E-state index in [9.17, 15) is 17.2 Å². The lowest BCUT2D eigenvalue weighted by Crippen LogP contribution is -2.14. The van der Waals surface area contributed by atoms with Gasteiger partial charge in [0, 0.05) is 17.2 Å². The van der Waals surface area contributed by atoms with Gasteiger partial charge in [-0.1, -0.05) is 18.5 Å². The summed E-state index contributed by atoms with van der Waals surface area (Å²) in [4.78, 5) is -0.0513. The molecule has 0 aliphatic heterocycles. The molecule has 1 N–H and O–H groups in total. The quantitative estimate of drug-likeness (QED) is 0.649. The van der Waals surface area contributed by atoms with Gasteiger partial charge in [0.25, 0.3) is 10.0 Å². The molecule has 132 valence electrons. The molecule has 0 spiro atoms. The van der Waals surface area contributed by atoms with E-state index in [1.165, 1.54) is 22.8 Å². The zero-order valence-corrected chi connectivity index (χ0v) is 15.2. The summed E-state index contributed by atoms with van der Waals surface area (Å²) in [5, 5.41) is 4.29. The second-order valence-corrected chi connectivity index (χ2v) is 8.38. The van der Waals surface area contributed by atoms with Crippen molar-refractivity contribution in [1.82, 2.24) is 9.61 Å². The Balaban J connectivity index is 2.00. The van der Waals surface area contributed by atoms with Crippen molar-refractivity contribution in [3.8, 4) is 0 Å². The molecule has 0 atom stereocenters. The number of sulfonamides is 1. The predicted octanol–water partition coefficient (Wildman–Crippen LogP) is 4.18. The first kappa shape index (κ1) is 18.0. The summed E-state index contributed by atoms with van der Waals surface area (Å²) >= 11 is 6.96. The SMILES string of the molecule is CCSc1cc(F)c(NS(=O)(=O)c2cnn3cc(Cl)ccc23)cc1F. The highest BCUT2D eigenvalue weighted by atomic mass is 35.5. The molecule has 0 saturated carbocycles. The van der Waals surface area contributed by atoms with Crippen LogP contribution in [0.2, 0.25) is 5.02 Å². The zero-order valence-electron chi connectivity index (χ0n) is 12.8. The van der Waals surface area contributed by atoms with Crippen LogP contribution in [0.25, 0.3) is 5.52 Å². The van der Waals surface area contributed by atoms with Gasteiger partial charge in [-0.15, -0.1) is 11.8 Å². The van der Waals surface area contributed by atoms with E-state index in [2.05, 4.69) is 9.82 Å². The molecular formula is C15H12ClF2N3O2S2. The van der Waals surface area contributed by atoms with Crippen molar-refractivity contribution in [1.29, 1.82) is 0 Å². The Morgan fingerprint density at radius 1 is 1.28 bits per heavy atom. The second kappa shape index (κ2) is 6.81. The third-order valence-electron chi connectivity index (χ3n) is 3.30. The summed E-state index contributed by atoms with van der Waals surface area (Å²) in [5.41, 5.74) is -0.206. The minimum atomic E-state index is -4.16. The standard InChI is InChI=1S/C15H12ClF2N3O2S2/c1-2-24-14-6-10(17)12(5-11(14)18)20-25(22,23)15-7-19-21-8-9(16)3-4-13(15)21/h3-8,20H,2H2,1H3. The molecule has 0 amide bonds. The van der Waals surface area contributed by atoms with E-state index in [0.717, 1.165) is 30.1 Å². The fraction of sp³-hybridized carbons (Fsp3) is 0.133. The summed E-state index contributed by atoms with van der Waals surface area (Å²) in [6.07, 6.45) is 2.55. The van der Waals surface area contributed by atoms with Crippen LogP contribution in [-0.2, 0) is 10.0 Å². The normalized spacial score (nSPS) is 11.8. The fourth-order valence-electron chi connectivity index (χ4n) is 2.22. The molecule has 0 saturated heterocycles. The molecule has 5 nitrogen and oxygen atoms in total. The highest BCUT2D eigenvalue weighted by molar-refractivity contribution is 7.99. The molecule has 3 aromatic rings. The van der Waals surface area contributed by atoms with Crippen LogP contribution in [-0.4, -0.2) is 23.8 Å². The number of benzene rings is 1. The summed E-state index contributed by atoms with van der Waals surface area (Å²) in [6, 6.07) is 4.78. The number of nitrogens with zero attached hydrogens (tertiary/aromatic N) is 2. The average Bonchev–Trinajstić information content (AvgIpc) is 2.96. The van der Waals surface area contributed by atoms with Gasteiger partial charge in [0.2, 0.25) is 0 Å². The van der Waals surface area contributed by atoms with Gasteiger partial charge in [0.05, 0.1) is 22.4 Å². The smallest absolute Gasteiger partial charge is 0.265 e. The second-order valence-electron chi connectivity index (χ2n) is 4.99. The van der Waals surface area contributed by atoms with Crippen LogP contribution in [0.1, 0.15) is 6.92 Å². The maximum absolute atomic E-state index is 14.1. The monoisotopic (exact) mass is 403 g/mol. The van der Waals surface area contributed by atoms with Gasteiger partial charge in [-0.3, -0.25) is 4.72 Å². The van der Waals surface area contributed by atoms with E-state index in [1.807, 2.05) is 0 Å². The van der Waals surface area contributed by atoms with Crippen LogP contribution < -0.4 is 4.72 Å². The molecule has 0 aliphatic carbocycles. The van der Waals surface area contributed by atoms with E-state index in [-0.39, 0.29) is 15.3 Å². The zero-order chi connectivity index (χ0) is 18.2. The van der Waals surface area contributed by atoms with Crippen molar-refractivity contribution in [3.05, 3.63) is 53.3 Å². The Labute approximate surface area is 152 Å². The molecule has 2 heterocycles. The third-order valence-corrected chi connectivity index (χ3v) is 5.82. The predicted molar refractivity (Wildman–Crippen MR) is 93.8 cm³/mol. The van der Waals surface area contributed by atoms with Gasteiger partial charge < -0.3 is 0 Å². The Morgan fingerprint density at radius 3 is 2.76 bits per heavy atom. The number of fused-ring (bicyclic) bond motifs is 1. The lowest BCUT2D eigenvalue weighted by molar-refractivity contribution is 0.578. The average molecular weight is 404 g/mol. The first-order chi connectivity index (χ1) is 11.8. The van der Waals surface area contributed by atoms with Crippen molar-refractivity contribution in [2.24, 2.45) is 0 Å². The minimum absolute atomic E-state index is 0.119. The number of halogens is 3. The molecule has 2 aromatic heterocycles. The molecule has 10 heteroatoms. The van der Waals surface area contributed by atoms with Crippen molar-refractivity contribution in [3.63, 3.8) is 0 Å². The molecular weight excluding hydrogens is 392 g/mol. The summed E-state index contributed by atoms with van der Waals surface area (Å²) < 4.78 is 56.6. The van der Waals surface area contributed by atoms with E-state index >= 15 is 0 Å². The molecule has 0 unspecified atom stereocenters. The van der Waals surface area contributed by atoms with Gasteiger partial charge in [0.1, 0.15) is 16.5 Å². The Hall–Kier alpha value is -1.84.